The van der Waals surface area contributed by atoms with Crippen LogP contribution in [0.25, 0.3) is 235 Å². The van der Waals surface area contributed by atoms with Crippen LogP contribution < -0.4 is 0 Å². The number of fused-ring (bicyclic) bond motifs is 16. The van der Waals surface area contributed by atoms with Crippen molar-refractivity contribution in [2.75, 3.05) is 0 Å². The van der Waals surface area contributed by atoms with Crippen LogP contribution in [0.15, 0.2) is 411 Å². The molecule has 560 valence electrons. The summed E-state index contributed by atoms with van der Waals surface area (Å²) in [7, 11) is 0. The zero-order chi connectivity index (χ0) is 79.1. The van der Waals surface area contributed by atoms with E-state index in [1.807, 2.05) is 71.2 Å². The lowest BCUT2D eigenvalue weighted by atomic mass is 9.97. The molecule has 0 unspecified atom stereocenters. The summed E-state index contributed by atoms with van der Waals surface area (Å²) in [6, 6.07) is 143. The van der Waals surface area contributed by atoms with Gasteiger partial charge in [0.1, 0.15) is 11.2 Å². The van der Waals surface area contributed by atoms with Crippen molar-refractivity contribution < 1.29 is 4.42 Å². The monoisotopic (exact) mass is 1570 g/mol. The molecule has 0 spiro atoms. The summed E-state index contributed by atoms with van der Waals surface area (Å²) in [5, 5.41) is 12.1. The molecule has 0 amide bonds. The van der Waals surface area contributed by atoms with Crippen LogP contribution in [0.2, 0.25) is 0 Å². The van der Waals surface area contributed by atoms with Crippen molar-refractivity contribution in [3.8, 4) is 129 Å². The number of aromatic nitrogens is 7. The summed E-state index contributed by atoms with van der Waals surface area (Å²) in [5.74, 6) is 1.38. The maximum Gasteiger partial charge on any atom is 0.160 e. The van der Waals surface area contributed by atoms with Gasteiger partial charge in [-0.1, -0.05) is 322 Å². The second-order valence-electron chi connectivity index (χ2n) is 30.3. The minimum atomic E-state index is 0.683. The zero-order valence-corrected chi connectivity index (χ0v) is 66.2. The molecule has 0 fully saturated rings. The molecule has 0 atom stereocenters. The molecule has 0 aliphatic carbocycles. The predicted molar refractivity (Wildman–Crippen MR) is 502 cm³/mol. The second-order valence-corrected chi connectivity index (χ2v) is 32.4. The molecule has 0 aliphatic rings. The van der Waals surface area contributed by atoms with Gasteiger partial charge in [0, 0.05) is 119 Å². The molecule has 8 aromatic heterocycles. The van der Waals surface area contributed by atoms with Crippen LogP contribution >= 0.6 is 22.7 Å². The van der Waals surface area contributed by atoms with Crippen molar-refractivity contribution in [3.63, 3.8) is 0 Å². The topological polar surface area (TPSA) is 95.4 Å². The van der Waals surface area contributed by atoms with Gasteiger partial charge in [0.2, 0.25) is 0 Å². The molecular formula is C110H67N7OS2. The molecular weight excluding hydrogens is 1500 g/mol. The number of nitrogens with zero attached hydrogens (tertiary/aromatic N) is 7. The number of hydrogen-bond acceptors (Lipinski definition) is 9. The third kappa shape index (κ3) is 12.4. The number of benzene rings is 16. The summed E-state index contributed by atoms with van der Waals surface area (Å²) in [5.41, 5.74) is 27.8. The van der Waals surface area contributed by atoms with Crippen molar-refractivity contribution >= 4 is 129 Å². The predicted octanol–water partition coefficient (Wildman–Crippen LogP) is 30.1. The van der Waals surface area contributed by atoms with Crippen LogP contribution in [0.5, 0.6) is 0 Å². The minimum absolute atomic E-state index is 0.683. The highest BCUT2D eigenvalue weighted by molar-refractivity contribution is 7.27. The van der Waals surface area contributed by atoms with Crippen LogP contribution in [-0.4, -0.2) is 34.5 Å². The molecule has 8 nitrogen and oxygen atoms in total. The Kier molecular flexibility index (Phi) is 17.1. The van der Waals surface area contributed by atoms with Crippen molar-refractivity contribution in [3.05, 3.63) is 406 Å². The normalized spacial score (nSPS) is 11.7. The summed E-state index contributed by atoms with van der Waals surface area (Å²) in [4.78, 5) is 31.1. The first-order valence-corrected chi connectivity index (χ1v) is 41.9. The number of pyridine rings is 2. The first-order chi connectivity index (χ1) is 59.4. The Morgan fingerprint density at radius 2 is 0.592 bits per heavy atom. The Morgan fingerprint density at radius 3 is 1.11 bits per heavy atom. The van der Waals surface area contributed by atoms with E-state index in [4.69, 9.17) is 34.3 Å². The molecule has 0 radical (unpaired) electrons. The van der Waals surface area contributed by atoms with Crippen LogP contribution in [0.3, 0.4) is 0 Å². The average Bonchev–Trinajstić information content (AvgIpc) is 1.59. The zero-order valence-electron chi connectivity index (χ0n) is 64.5. The first kappa shape index (κ1) is 70.0. The highest BCUT2D eigenvalue weighted by atomic mass is 32.1. The number of rotatable bonds is 12. The molecule has 16 aromatic carbocycles. The lowest BCUT2D eigenvalue weighted by Gasteiger charge is -2.12. The summed E-state index contributed by atoms with van der Waals surface area (Å²) in [6.45, 7) is 0. The highest BCUT2D eigenvalue weighted by Gasteiger charge is 2.23. The van der Waals surface area contributed by atoms with E-state index in [0.717, 1.165) is 156 Å². The van der Waals surface area contributed by atoms with Gasteiger partial charge in [-0.25, -0.2) is 29.9 Å². The van der Waals surface area contributed by atoms with Crippen molar-refractivity contribution in [1.29, 1.82) is 0 Å². The van der Waals surface area contributed by atoms with E-state index in [2.05, 4.69) is 362 Å². The third-order valence-corrected chi connectivity index (χ3v) is 25.5. The summed E-state index contributed by atoms with van der Waals surface area (Å²) in [6.07, 6.45) is 0. The van der Waals surface area contributed by atoms with Gasteiger partial charge < -0.3 is 8.98 Å². The van der Waals surface area contributed by atoms with E-state index < -0.39 is 0 Å². The summed E-state index contributed by atoms with van der Waals surface area (Å²) < 4.78 is 13.7. The standard InChI is InChI=1S/C55H34N4S.C55H33N3OS/c1-3-13-38(14-4-1)53-54-52(44-19-9-12-22-51(44)60-54)45-33-40(29-32-46(45)56-53)35-23-25-36(26-24-35)47-34-48(58-55(57-47)39-15-5-2-6-16-39)37-27-30-41(31-28-37)59-49-20-10-7-17-42(49)43-18-8-11-21-50(43)59;1-3-13-36(14-4-1)52-54-51(44-20-8-10-24-50(44)60-54)45-32-39(29-30-46(45)56-52)38-17-11-18-40(31-38)48-33-47(57-55(58-48)37-15-5-2-6-16-37)35-27-25-34(26-28-35)41-21-12-22-43-42-19-7-9-23-49(42)59-53(41)43/h1-34H;1-33H. The third-order valence-electron chi connectivity index (χ3n) is 23.1. The summed E-state index contributed by atoms with van der Waals surface area (Å²) >= 11 is 3.64. The minimum Gasteiger partial charge on any atom is -0.455 e. The van der Waals surface area contributed by atoms with Crippen molar-refractivity contribution in [2.45, 2.75) is 0 Å². The molecule has 0 bridgehead atoms. The van der Waals surface area contributed by atoms with Gasteiger partial charge in [-0.2, -0.15) is 0 Å². The number of para-hydroxylation sites is 4. The van der Waals surface area contributed by atoms with Gasteiger partial charge in [0.25, 0.3) is 0 Å². The van der Waals surface area contributed by atoms with Gasteiger partial charge >= 0.3 is 0 Å². The van der Waals surface area contributed by atoms with Crippen molar-refractivity contribution in [1.82, 2.24) is 34.5 Å². The Balaban J connectivity index is 0.000000140. The van der Waals surface area contributed by atoms with Crippen LogP contribution in [0, 0.1) is 0 Å². The Hall–Kier alpha value is -15.5. The van der Waals surface area contributed by atoms with Crippen molar-refractivity contribution in [2.24, 2.45) is 0 Å². The molecule has 10 heteroatoms. The van der Waals surface area contributed by atoms with Gasteiger partial charge in [0.15, 0.2) is 11.6 Å². The van der Waals surface area contributed by atoms with E-state index in [-0.39, 0.29) is 0 Å². The molecule has 24 aromatic rings. The van der Waals surface area contributed by atoms with Crippen LogP contribution in [0.1, 0.15) is 0 Å². The maximum atomic E-state index is 6.38. The Bertz CT molecular complexity index is 8070. The molecule has 0 saturated carbocycles. The lowest BCUT2D eigenvalue weighted by Crippen LogP contribution is -1.97. The molecule has 0 saturated heterocycles. The Labute approximate surface area is 698 Å². The van der Waals surface area contributed by atoms with Gasteiger partial charge in [-0.3, -0.25) is 0 Å². The maximum absolute atomic E-state index is 6.38. The number of hydrogen-bond donors (Lipinski definition) is 0. The SMILES string of the molecule is c1ccc(-c2nc(-c3ccc(-c4ccc5nc(-c6ccccc6)c6sc7ccccc7c6c5c4)cc3)cc(-c3ccc(-n4c5ccccc5c5ccccc54)cc3)n2)cc1.c1ccc(-c2nc(-c3ccc(-c4cccc5c4oc4ccccc45)cc3)cc(-c3cccc(-c4ccc5nc(-c6ccccc6)c6sc7ccccc7c6c5c4)c3)n2)cc1. The van der Waals surface area contributed by atoms with Crippen LogP contribution in [0.4, 0.5) is 0 Å². The second kappa shape index (κ2) is 29.4. The molecule has 0 N–H and O–H groups in total. The number of thiophene rings is 2. The van der Waals surface area contributed by atoms with E-state index in [9.17, 15) is 0 Å². The average molecular weight is 1570 g/mol. The van der Waals surface area contributed by atoms with E-state index in [1.165, 1.54) is 67.5 Å². The quantitative estimate of drug-likeness (QED) is 0.120. The van der Waals surface area contributed by atoms with Crippen LogP contribution in [-0.2, 0) is 0 Å². The lowest BCUT2D eigenvalue weighted by molar-refractivity contribution is 0.670. The van der Waals surface area contributed by atoms with Gasteiger partial charge in [-0.05, 0) is 113 Å². The highest BCUT2D eigenvalue weighted by Crippen LogP contribution is 2.47. The smallest absolute Gasteiger partial charge is 0.160 e. The van der Waals surface area contributed by atoms with Gasteiger partial charge in [-0.15, -0.1) is 22.7 Å². The molecule has 24 rings (SSSR count). The fourth-order valence-corrected chi connectivity index (χ4v) is 19.8. The molecule has 8 heterocycles. The molecule has 0 aliphatic heterocycles. The van der Waals surface area contributed by atoms with E-state index in [0.29, 0.717) is 11.6 Å². The number of furan rings is 1. The Morgan fingerprint density at radius 1 is 0.225 bits per heavy atom. The van der Waals surface area contributed by atoms with Gasteiger partial charge in [0.05, 0.1) is 65.6 Å². The fourth-order valence-electron chi connectivity index (χ4n) is 17.3. The fraction of sp³-hybridized carbons (Fsp3) is 0. The largest absolute Gasteiger partial charge is 0.455 e. The molecule has 120 heavy (non-hydrogen) atoms. The van der Waals surface area contributed by atoms with E-state index >= 15 is 0 Å². The first-order valence-electron chi connectivity index (χ1n) is 40.3. The van der Waals surface area contributed by atoms with E-state index in [1.54, 1.807) is 0 Å².